The third kappa shape index (κ3) is 3.55. The number of aromatic nitrogens is 1. The molecule has 1 nitrogen and oxygen atoms in total. The standard InChI is InChI=1S/C9H11N.ClH.Ru/c1-3-5-9-7-4-6-8(2)10-9;;/h1,4,6-7H,3,5H2,2H3;1H;/q;;+1/p-1. The minimum atomic E-state index is -0.0321. The molecule has 0 aliphatic carbocycles. The van der Waals surface area contributed by atoms with E-state index >= 15 is 0 Å². The van der Waals surface area contributed by atoms with Gasteiger partial charge in [-0.15, -0.1) is 0 Å². The zero-order valence-corrected chi connectivity index (χ0v) is 9.40. The number of hydrogen-bond acceptors (Lipinski definition) is 1. The molecular formula is C9H11ClNRu. The van der Waals surface area contributed by atoms with E-state index in [0.717, 1.165) is 24.2 Å². The molecule has 12 heavy (non-hydrogen) atoms. The number of pyridine rings is 1. The van der Waals surface area contributed by atoms with E-state index in [0.29, 0.717) is 0 Å². The van der Waals surface area contributed by atoms with Crippen molar-refractivity contribution in [1.29, 1.82) is 0 Å². The average molecular weight is 270 g/mol. The van der Waals surface area contributed by atoms with Crippen LogP contribution in [0.4, 0.5) is 0 Å². The van der Waals surface area contributed by atoms with Gasteiger partial charge in [-0.2, -0.15) is 0 Å². The topological polar surface area (TPSA) is 12.9 Å². The molecule has 0 aliphatic rings. The van der Waals surface area contributed by atoms with Crippen LogP contribution in [0.3, 0.4) is 0 Å². The van der Waals surface area contributed by atoms with Gasteiger partial charge < -0.3 is 0 Å². The van der Waals surface area contributed by atoms with Crippen molar-refractivity contribution in [3.63, 3.8) is 0 Å². The van der Waals surface area contributed by atoms with Crippen LogP contribution in [0.15, 0.2) is 18.2 Å². The van der Waals surface area contributed by atoms with Gasteiger partial charge in [-0.25, -0.2) is 0 Å². The first-order chi connectivity index (χ1) is 5.83. The quantitative estimate of drug-likeness (QED) is 0.768. The second-order valence-electron chi connectivity index (χ2n) is 2.53. The Morgan fingerprint density at radius 3 is 3.08 bits per heavy atom. The number of halogens is 1. The van der Waals surface area contributed by atoms with Gasteiger partial charge in [0.15, 0.2) is 0 Å². The summed E-state index contributed by atoms with van der Waals surface area (Å²) in [5, 5.41) is 0. The molecule has 0 amide bonds. The fourth-order valence-corrected chi connectivity index (χ4v) is 1.87. The van der Waals surface area contributed by atoms with Crippen LogP contribution in [-0.4, -0.2) is 9.59 Å². The Bertz CT molecular complexity index is 273. The second-order valence-corrected chi connectivity index (χ2v) is 4.53. The first-order valence-electron chi connectivity index (χ1n) is 3.79. The summed E-state index contributed by atoms with van der Waals surface area (Å²) >= 11 is -0.0321. The van der Waals surface area contributed by atoms with E-state index in [1.165, 1.54) is 0 Å². The van der Waals surface area contributed by atoms with Crippen LogP contribution in [0.5, 0.6) is 0 Å². The van der Waals surface area contributed by atoms with Crippen LogP contribution in [0.25, 0.3) is 0 Å². The van der Waals surface area contributed by atoms with Crippen LogP contribution >= 0.6 is 9.69 Å². The predicted molar refractivity (Wildman–Crippen MR) is 49.2 cm³/mol. The molecule has 67 valence electrons. The Morgan fingerprint density at radius 1 is 1.58 bits per heavy atom. The Balaban J connectivity index is 2.52. The summed E-state index contributed by atoms with van der Waals surface area (Å²) in [7, 11) is 5.61. The van der Waals surface area contributed by atoms with Gasteiger partial charge in [-0.05, 0) is 0 Å². The van der Waals surface area contributed by atoms with Gasteiger partial charge in [0.1, 0.15) is 0 Å². The summed E-state index contributed by atoms with van der Waals surface area (Å²) in [4.78, 5) is 4.39. The molecule has 1 rings (SSSR count). The fraction of sp³-hybridized carbons (Fsp3) is 0.333. The molecular weight excluding hydrogens is 259 g/mol. The van der Waals surface area contributed by atoms with E-state index in [1.807, 2.05) is 19.1 Å². The molecule has 0 N–H and O–H groups in total. The SMILES string of the molecule is Cc1cccc(CC[CH]=[Ru][Cl])n1. The van der Waals surface area contributed by atoms with Crippen molar-refractivity contribution < 1.29 is 15.7 Å². The van der Waals surface area contributed by atoms with Gasteiger partial charge >= 0.3 is 84.3 Å². The molecule has 0 atom stereocenters. The van der Waals surface area contributed by atoms with Crippen LogP contribution in [0.1, 0.15) is 17.8 Å². The summed E-state index contributed by atoms with van der Waals surface area (Å²) in [6.07, 6.45) is 2.07. The van der Waals surface area contributed by atoms with E-state index in [-0.39, 0.29) is 15.7 Å². The molecule has 0 fully saturated rings. The summed E-state index contributed by atoms with van der Waals surface area (Å²) in [6.45, 7) is 2.01. The van der Waals surface area contributed by atoms with Crippen molar-refractivity contribution in [2.75, 3.05) is 0 Å². The molecule has 0 bridgehead atoms. The maximum absolute atomic E-state index is 5.61. The Morgan fingerprint density at radius 2 is 2.42 bits per heavy atom. The van der Waals surface area contributed by atoms with Crippen molar-refractivity contribution in [2.24, 2.45) is 0 Å². The van der Waals surface area contributed by atoms with E-state index in [4.69, 9.17) is 9.69 Å². The van der Waals surface area contributed by atoms with Crippen molar-refractivity contribution in [3.8, 4) is 0 Å². The maximum atomic E-state index is 5.61. The van der Waals surface area contributed by atoms with Gasteiger partial charge in [-0.3, -0.25) is 0 Å². The van der Waals surface area contributed by atoms with Crippen LogP contribution in [0, 0.1) is 6.92 Å². The van der Waals surface area contributed by atoms with Gasteiger partial charge in [0.25, 0.3) is 0 Å². The monoisotopic (exact) mass is 270 g/mol. The zero-order valence-electron chi connectivity index (χ0n) is 6.90. The van der Waals surface area contributed by atoms with Gasteiger partial charge in [0.05, 0.1) is 0 Å². The van der Waals surface area contributed by atoms with Crippen molar-refractivity contribution in [3.05, 3.63) is 29.6 Å². The van der Waals surface area contributed by atoms with Gasteiger partial charge in [0, 0.05) is 0 Å². The normalized spacial score (nSPS) is 11.5. The first kappa shape index (κ1) is 10.0. The molecule has 1 aromatic heterocycles. The number of rotatable bonds is 3. The summed E-state index contributed by atoms with van der Waals surface area (Å²) < 4.78 is 2.15. The van der Waals surface area contributed by atoms with E-state index in [9.17, 15) is 0 Å². The van der Waals surface area contributed by atoms with Crippen molar-refractivity contribution in [1.82, 2.24) is 4.98 Å². The molecule has 0 unspecified atom stereocenters. The Kier molecular flexibility index (Phi) is 4.64. The average Bonchev–Trinajstić information content (AvgIpc) is 2.05. The molecule has 0 radical (unpaired) electrons. The van der Waals surface area contributed by atoms with Gasteiger partial charge in [-0.1, -0.05) is 0 Å². The summed E-state index contributed by atoms with van der Waals surface area (Å²) in [6, 6.07) is 6.12. The van der Waals surface area contributed by atoms with E-state index in [2.05, 4.69) is 15.7 Å². The molecule has 1 heterocycles. The third-order valence-electron chi connectivity index (χ3n) is 1.50. The summed E-state index contributed by atoms with van der Waals surface area (Å²) in [5.41, 5.74) is 2.25. The minimum absolute atomic E-state index is 0.0321. The molecule has 0 saturated heterocycles. The van der Waals surface area contributed by atoms with E-state index < -0.39 is 0 Å². The van der Waals surface area contributed by atoms with Crippen LogP contribution in [-0.2, 0) is 22.1 Å². The molecule has 0 aromatic carbocycles. The van der Waals surface area contributed by atoms with Crippen LogP contribution in [0.2, 0.25) is 0 Å². The molecule has 0 saturated carbocycles. The second kappa shape index (κ2) is 5.56. The zero-order chi connectivity index (χ0) is 8.81. The van der Waals surface area contributed by atoms with Crippen LogP contribution < -0.4 is 0 Å². The van der Waals surface area contributed by atoms with Crippen molar-refractivity contribution in [2.45, 2.75) is 19.8 Å². The third-order valence-corrected chi connectivity index (χ3v) is 2.92. The number of hydrogen-bond donors (Lipinski definition) is 0. The predicted octanol–water partition coefficient (Wildman–Crippen LogP) is 2.36. The van der Waals surface area contributed by atoms with E-state index in [1.54, 1.807) is 0 Å². The number of aryl methyl sites for hydroxylation is 2. The molecule has 0 aliphatic heterocycles. The molecule has 3 heteroatoms. The fourth-order valence-electron chi connectivity index (χ4n) is 0.976. The first-order valence-corrected chi connectivity index (χ1v) is 7.03. The molecule has 0 spiro atoms. The van der Waals surface area contributed by atoms with Crippen molar-refractivity contribution >= 4 is 14.3 Å². The Labute approximate surface area is 84.3 Å². The Hall–Kier alpha value is -0.0666. The number of nitrogens with zero attached hydrogens (tertiary/aromatic N) is 1. The molecule has 1 aromatic rings. The summed E-state index contributed by atoms with van der Waals surface area (Å²) in [5.74, 6) is 0. The van der Waals surface area contributed by atoms with Gasteiger partial charge in [0.2, 0.25) is 0 Å².